The Balaban J connectivity index is 2.10. The Morgan fingerprint density at radius 1 is 1.15 bits per heavy atom. The first-order valence-corrected chi connectivity index (χ1v) is 7.61. The molecule has 20 heavy (non-hydrogen) atoms. The van der Waals surface area contributed by atoms with Gasteiger partial charge in [-0.25, -0.2) is 4.39 Å². The summed E-state index contributed by atoms with van der Waals surface area (Å²) in [5.41, 5.74) is 1.14. The standard InChI is InChI=1S/C14H9Br2ClFNO/c15-12-4-2-10(18)5-8(12)7-19-14(20)11-3-1-9(17)6-13(11)16/h1-6H,7H2,(H,19,20). The second kappa shape index (κ2) is 6.70. The normalized spacial score (nSPS) is 10.4. The maximum atomic E-state index is 13.1. The van der Waals surface area contributed by atoms with Crippen LogP contribution in [0.5, 0.6) is 0 Å². The first kappa shape index (κ1) is 15.5. The molecule has 0 spiro atoms. The average molecular weight is 421 g/mol. The van der Waals surface area contributed by atoms with Crippen LogP contribution in [0.15, 0.2) is 45.3 Å². The van der Waals surface area contributed by atoms with Crippen LogP contribution >= 0.6 is 43.5 Å². The van der Waals surface area contributed by atoms with E-state index in [0.717, 1.165) is 4.47 Å². The highest BCUT2D eigenvalue weighted by Crippen LogP contribution is 2.22. The molecule has 0 heterocycles. The van der Waals surface area contributed by atoms with Crippen LogP contribution in [0, 0.1) is 5.82 Å². The van der Waals surface area contributed by atoms with Crippen LogP contribution < -0.4 is 5.32 Å². The van der Waals surface area contributed by atoms with Gasteiger partial charge in [0.1, 0.15) is 5.82 Å². The monoisotopic (exact) mass is 419 g/mol. The summed E-state index contributed by atoms with van der Waals surface area (Å²) in [4.78, 5) is 12.1. The van der Waals surface area contributed by atoms with Crippen molar-refractivity contribution in [3.63, 3.8) is 0 Å². The molecule has 0 bridgehead atoms. The molecule has 0 unspecified atom stereocenters. The lowest BCUT2D eigenvalue weighted by Crippen LogP contribution is -2.23. The third-order valence-corrected chi connectivity index (χ3v) is 4.29. The van der Waals surface area contributed by atoms with Crippen molar-refractivity contribution in [2.24, 2.45) is 0 Å². The van der Waals surface area contributed by atoms with Crippen molar-refractivity contribution in [1.29, 1.82) is 0 Å². The number of rotatable bonds is 3. The van der Waals surface area contributed by atoms with E-state index in [1.807, 2.05) is 0 Å². The summed E-state index contributed by atoms with van der Waals surface area (Å²) in [6.45, 7) is 0.228. The van der Waals surface area contributed by atoms with Gasteiger partial charge in [0.2, 0.25) is 0 Å². The quantitative estimate of drug-likeness (QED) is 0.748. The first-order chi connectivity index (χ1) is 9.47. The van der Waals surface area contributed by atoms with Crippen LogP contribution in [0.2, 0.25) is 5.02 Å². The van der Waals surface area contributed by atoms with E-state index in [2.05, 4.69) is 37.2 Å². The molecular formula is C14H9Br2ClFNO. The second-order valence-electron chi connectivity index (χ2n) is 4.04. The number of carbonyl (C=O) groups is 1. The molecule has 0 saturated heterocycles. The molecule has 0 aliphatic heterocycles. The van der Waals surface area contributed by atoms with Crippen LogP contribution in [-0.4, -0.2) is 5.91 Å². The number of carbonyl (C=O) groups excluding carboxylic acids is 1. The minimum absolute atomic E-state index is 0.228. The van der Waals surface area contributed by atoms with Crippen molar-refractivity contribution in [2.75, 3.05) is 0 Å². The van der Waals surface area contributed by atoms with E-state index in [1.165, 1.54) is 12.1 Å². The maximum absolute atomic E-state index is 13.1. The fraction of sp³-hybridized carbons (Fsp3) is 0.0714. The number of nitrogens with one attached hydrogen (secondary N) is 1. The molecule has 2 aromatic rings. The summed E-state index contributed by atoms with van der Waals surface area (Å²) in [6, 6.07) is 9.25. The SMILES string of the molecule is O=C(NCc1cc(F)ccc1Br)c1ccc(Cl)cc1Br. The van der Waals surface area contributed by atoms with Gasteiger partial charge in [-0.3, -0.25) is 4.79 Å². The predicted octanol–water partition coefficient (Wildman–Crippen LogP) is 4.93. The van der Waals surface area contributed by atoms with E-state index >= 15 is 0 Å². The van der Waals surface area contributed by atoms with E-state index in [4.69, 9.17) is 11.6 Å². The maximum Gasteiger partial charge on any atom is 0.252 e. The molecule has 2 aromatic carbocycles. The molecule has 2 nitrogen and oxygen atoms in total. The lowest BCUT2D eigenvalue weighted by molar-refractivity contribution is 0.0950. The number of halogens is 4. The largest absolute Gasteiger partial charge is 0.348 e. The molecule has 1 N–H and O–H groups in total. The van der Waals surface area contributed by atoms with Gasteiger partial charge in [0.05, 0.1) is 5.56 Å². The minimum atomic E-state index is -0.342. The molecular weight excluding hydrogens is 412 g/mol. The molecule has 1 amide bonds. The Morgan fingerprint density at radius 2 is 1.90 bits per heavy atom. The molecule has 2 rings (SSSR count). The van der Waals surface area contributed by atoms with Gasteiger partial charge in [0.15, 0.2) is 0 Å². The second-order valence-corrected chi connectivity index (χ2v) is 6.19. The third kappa shape index (κ3) is 3.81. The van der Waals surface area contributed by atoms with Crippen molar-refractivity contribution < 1.29 is 9.18 Å². The molecule has 0 radical (unpaired) electrons. The molecule has 0 aromatic heterocycles. The molecule has 0 saturated carbocycles. The van der Waals surface area contributed by atoms with Crippen molar-refractivity contribution in [1.82, 2.24) is 5.32 Å². The minimum Gasteiger partial charge on any atom is -0.348 e. The highest BCUT2D eigenvalue weighted by Gasteiger charge is 2.11. The lowest BCUT2D eigenvalue weighted by atomic mass is 10.2. The summed E-state index contributed by atoms with van der Waals surface area (Å²) in [5, 5.41) is 3.28. The van der Waals surface area contributed by atoms with E-state index in [9.17, 15) is 9.18 Å². The number of amides is 1. The Kier molecular flexibility index (Phi) is 5.18. The predicted molar refractivity (Wildman–Crippen MR) is 84.4 cm³/mol. The van der Waals surface area contributed by atoms with Gasteiger partial charge >= 0.3 is 0 Å². The Morgan fingerprint density at radius 3 is 2.60 bits per heavy atom. The average Bonchev–Trinajstić information content (AvgIpc) is 2.39. The van der Waals surface area contributed by atoms with Crippen molar-refractivity contribution in [3.8, 4) is 0 Å². The van der Waals surface area contributed by atoms with Crippen molar-refractivity contribution in [2.45, 2.75) is 6.54 Å². The molecule has 104 valence electrons. The zero-order valence-electron chi connectivity index (χ0n) is 10.1. The fourth-order valence-electron chi connectivity index (χ4n) is 1.62. The Labute approximate surface area is 137 Å². The smallest absolute Gasteiger partial charge is 0.252 e. The van der Waals surface area contributed by atoms with Gasteiger partial charge in [0.25, 0.3) is 5.91 Å². The summed E-state index contributed by atoms with van der Waals surface area (Å²) < 4.78 is 14.5. The van der Waals surface area contributed by atoms with Gasteiger partial charge in [-0.1, -0.05) is 27.5 Å². The van der Waals surface area contributed by atoms with Gasteiger partial charge in [-0.15, -0.1) is 0 Å². The highest BCUT2D eigenvalue weighted by molar-refractivity contribution is 9.10. The molecule has 0 aliphatic carbocycles. The molecule has 0 aliphatic rings. The van der Waals surface area contributed by atoms with Crippen LogP contribution in [0.4, 0.5) is 4.39 Å². The number of hydrogen-bond donors (Lipinski definition) is 1. The topological polar surface area (TPSA) is 29.1 Å². The van der Waals surface area contributed by atoms with Crippen molar-refractivity contribution >= 4 is 49.4 Å². The van der Waals surface area contributed by atoms with E-state index in [1.54, 1.807) is 24.3 Å². The van der Waals surface area contributed by atoms with Gasteiger partial charge in [-0.05, 0) is 57.9 Å². The summed E-state index contributed by atoms with van der Waals surface area (Å²) >= 11 is 12.4. The fourth-order valence-corrected chi connectivity index (χ4v) is 2.87. The van der Waals surface area contributed by atoms with Gasteiger partial charge in [0, 0.05) is 20.5 Å². The molecule has 0 atom stereocenters. The number of hydrogen-bond acceptors (Lipinski definition) is 1. The Hall–Kier alpha value is -0.910. The third-order valence-electron chi connectivity index (χ3n) is 2.62. The lowest BCUT2D eigenvalue weighted by Gasteiger charge is -2.09. The van der Waals surface area contributed by atoms with E-state index < -0.39 is 0 Å². The summed E-state index contributed by atoms with van der Waals surface area (Å²) in [7, 11) is 0. The highest BCUT2D eigenvalue weighted by atomic mass is 79.9. The van der Waals surface area contributed by atoms with Crippen LogP contribution in [0.3, 0.4) is 0 Å². The zero-order valence-corrected chi connectivity index (χ0v) is 14.0. The van der Waals surface area contributed by atoms with Crippen LogP contribution in [0.1, 0.15) is 15.9 Å². The van der Waals surface area contributed by atoms with Gasteiger partial charge < -0.3 is 5.32 Å². The molecule has 6 heteroatoms. The van der Waals surface area contributed by atoms with Crippen LogP contribution in [0.25, 0.3) is 0 Å². The zero-order chi connectivity index (χ0) is 14.7. The van der Waals surface area contributed by atoms with E-state index in [-0.39, 0.29) is 18.3 Å². The van der Waals surface area contributed by atoms with Crippen LogP contribution in [-0.2, 0) is 6.54 Å². The summed E-state index contributed by atoms with van der Waals surface area (Å²) in [5.74, 6) is -0.602. The first-order valence-electron chi connectivity index (χ1n) is 5.64. The summed E-state index contributed by atoms with van der Waals surface area (Å²) in [6.07, 6.45) is 0. The van der Waals surface area contributed by atoms with Gasteiger partial charge in [-0.2, -0.15) is 0 Å². The molecule has 0 fully saturated rings. The Bertz CT molecular complexity index is 664. The number of benzene rings is 2. The van der Waals surface area contributed by atoms with E-state index in [0.29, 0.717) is 20.6 Å². The van der Waals surface area contributed by atoms with Crippen molar-refractivity contribution in [3.05, 3.63) is 67.3 Å².